The molecule has 5 rings (SSSR count). The lowest BCUT2D eigenvalue weighted by molar-refractivity contribution is -0.219. The number of amidine groups is 1. The lowest BCUT2D eigenvalue weighted by Gasteiger charge is -2.46. The number of fused-ring (bicyclic) bond motifs is 4. The highest BCUT2D eigenvalue weighted by molar-refractivity contribution is 5.84. The molecule has 27 heavy (non-hydrogen) atoms. The van der Waals surface area contributed by atoms with Gasteiger partial charge in [0.1, 0.15) is 23.9 Å². The average molecular weight is 366 g/mol. The van der Waals surface area contributed by atoms with Gasteiger partial charge in [0.05, 0.1) is 19.8 Å². The first-order valence-corrected chi connectivity index (χ1v) is 9.13. The molecule has 1 spiro atoms. The van der Waals surface area contributed by atoms with Crippen LogP contribution in [0.2, 0.25) is 0 Å². The van der Waals surface area contributed by atoms with Gasteiger partial charge in [0, 0.05) is 16.5 Å². The molecule has 1 saturated heterocycles. The second-order valence-corrected chi connectivity index (χ2v) is 7.72. The summed E-state index contributed by atoms with van der Waals surface area (Å²) in [5.41, 5.74) is 7.04. The highest BCUT2D eigenvalue weighted by atomic mass is 16.7. The van der Waals surface area contributed by atoms with Gasteiger partial charge in [0.2, 0.25) is 0 Å². The number of nitrogens with two attached hydrogens (primary N) is 1. The molecule has 0 saturated carbocycles. The van der Waals surface area contributed by atoms with Gasteiger partial charge in [-0.25, -0.2) is 4.99 Å². The third-order valence-electron chi connectivity index (χ3n) is 5.34. The minimum absolute atomic E-state index is 0.00145. The van der Waals surface area contributed by atoms with Gasteiger partial charge >= 0.3 is 0 Å². The monoisotopic (exact) mass is 366 g/mol. The Kier molecular flexibility index (Phi) is 3.75. The number of hydrogen-bond donors (Lipinski definition) is 1. The van der Waals surface area contributed by atoms with E-state index in [4.69, 9.17) is 29.7 Å². The van der Waals surface area contributed by atoms with E-state index in [1.165, 1.54) is 0 Å². The number of rotatable bonds is 3. The normalized spacial score (nSPS) is 24.2. The Bertz CT molecular complexity index is 861. The quantitative estimate of drug-likeness (QED) is 0.904. The lowest BCUT2D eigenvalue weighted by Crippen LogP contribution is -2.53. The number of ether oxygens (including phenoxy) is 4. The topological polar surface area (TPSA) is 75.3 Å². The van der Waals surface area contributed by atoms with Gasteiger partial charge in [-0.05, 0) is 12.1 Å². The maximum Gasteiger partial charge on any atom is 0.192 e. The van der Waals surface area contributed by atoms with Gasteiger partial charge in [-0.2, -0.15) is 0 Å². The summed E-state index contributed by atoms with van der Waals surface area (Å²) in [5, 5.41) is 0. The molecule has 0 bridgehead atoms. The minimum atomic E-state index is -0.894. The summed E-state index contributed by atoms with van der Waals surface area (Å²) in [4.78, 5) is 4.92. The summed E-state index contributed by atoms with van der Waals surface area (Å²) in [7, 11) is 0. The summed E-state index contributed by atoms with van der Waals surface area (Å²) in [6.07, 6.45) is -0.603. The Hall–Kier alpha value is -2.41. The lowest BCUT2D eigenvalue weighted by atomic mass is 9.79. The Morgan fingerprint density at radius 1 is 1.07 bits per heavy atom. The second kappa shape index (κ2) is 6.05. The first kappa shape index (κ1) is 16.7. The maximum atomic E-state index is 6.32. The summed E-state index contributed by atoms with van der Waals surface area (Å²) in [6, 6.07) is 15.7. The molecule has 1 unspecified atom stereocenters. The van der Waals surface area contributed by atoms with Gasteiger partial charge in [-0.3, -0.25) is 0 Å². The van der Waals surface area contributed by atoms with Gasteiger partial charge in [-0.15, -0.1) is 0 Å². The Balaban J connectivity index is 1.65. The van der Waals surface area contributed by atoms with Crippen LogP contribution in [0, 0.1) is 5.41 Å². The fourth-order valence-electron chi connectivity index (χ4n) is 3.95. The van der Waals surface area contributed by atoms with E-state index in [0.29, 0.717) is 25.7 Å². The van der Waals surface area contributed by atoms with Gasteiger partial charge < -0.3 is 24.7 Å². The fraction of sp³-hybridized carbons (Fsp3) is 0.381. The van der Waals surface area contributed by atoms with E-state index in [2.05, 4.69) is 6.92 Å². The molecule has 0 radical (unpaired) electrons. The molecule has 2 aromatic carbocycles. The molecule has 3 aliphatic heterocycles. The molecule has 1 fully saturated rings. The van der Waals surface area contributed by atoms with Crippen molar-refractivity contribution in [3.05, 3.63) is 59.7 Å². The molecular formula is C21H22N2O4. The zero-order valence-corrected chi connectivity index (χ0v) is 15.2. The molecule has 6 heteroatoms. The highest BCUT2D eigenvalue weighted by Gasteiger charge is 2.52. The fourth-order valence-corrected chi connectivity index (χ4v) is 3.95. The van der Waals surface area contributed by atoms with Crippen LogP contribution in [0.25, 0.3) is 0 Å². The molecule has 2 aromatic rings. The SMILES string of the molecule is CC1(COC2OCC(N)=NC23c2ccccc2Oc2ccccc23)COC1. The summed E-state index contributed by atoms with van der Waals surface area (Å²) < 4.78 is 23.9. The van der Waals surface area contributed by atoms with Crippen LogP contribution in [0.15, 0.2) is 53.5 Å². The molecule has 2 N–H and O–H groups in total. The first-order valence-electron chi connectivity index (χ1n) is 9.13. The summed E-state index contributed by atoms with van der Waals surface area (Å²) in [6.45, 7) is 4.29. The van der Waals surface area contributed by atoms with Crippen LogP contribution in [0.5, 0.6) is 11.5 Å². The van der Waals surface area contributed by atoms with E-state index in [-0.39, 0.29) is 12.0 Å². The van der Waals surface area contributed by atoms with Crippen molar-refractivity contribution in [2.45, 2.75) is 18.8 Å². The van der Waals surface area contributed by atoms with Crippen LogP contribution in [0.3, 0.4) is 0 Å². The van der Waals surface area contributed by atoms with Crippen molar-refractivity contribution >= 4 is 5.84 Å². The molecule has 0 aromatic heterocycles. The van der Waals surface area contributed by atoms with E-state index < -0.39 is 11.8 Å². The third-order valence-corrected chi connectivity index (χ3v) is 5.34. The Labute approximate surface area is 157 Å². The van der Waals surface area contributed by atoms with Crippen LogP contribution in [0.1, 0.15) is 18.1 Å². The summed E-state index contributed by atoms with van der Waals surface area (Å²) >= 11 is 0. The van der Waals surface area contributed by atoms with Crippen LogP contribution in [-0.2, 0) is 19.7 Å². The average Bonchev–Trinajstić information content (AvgIpc) is 2.66. The third kappa shape index (κ3) is 2.56. The minimum Gasteiger partial charge on any atom is -0.457 e. The van der Waals surface area contributed by atoms with E-state index in [9.17, 15) is 0 Å². The molecule has 140 valence electrons. The summed E-state index contributed by atoms with van der Waals surface area (Å²) in [5.74, 6) is 1.93. The van der Waals surface area contributed by atoms with Crippen molar-refractivity contribution in [3.8, 4) is 11.5 Å². The number of nitrogens with zero attached hydrogens (tertiary/aromatic N) is 1. The smallest absolute Gasteiger partial charge is 0.192 e. The number of para-hydroxylation sites is 2. The van der Waals surface area contributed by atoms with Crippen LogP contribution >= 0.6 is 0 Å². The van der Waals surface area contributed by atoms with E-state index in [0.717, 1.165) is 22.6 Å². The molecule has 3 heterocycles. The molecule has 1 atom stereocenters. The molecule has 0 aliphatic carbocycles. The van der Waals surface area contributed by atoms with Crippen LogP contribution in [0.4, 0.5) is 0 Å². The van der Waals surface area contributed by atoms with Crippen LogP contribution in [-0.4, -0.2) is 38.6 Å². The zero-order chi connectivity index (χ0) is 18.5. The first-order chi connectivity index (χ1) is 13.1. The zero-order valence-electron chi connectivity index (χ0n) is 15.2. The molecular weight excluding hydrogens is 344 g/mol. The molecule has 6 nitrogen and oxygen atoms in total. The number of benzene rings is 2. The van der Waals surface area contributed by atoms with Crippen molar-refractivity contribution in [3.63, 3.8) is 0 Å². The van der Waals surface area contributed by atoms with Crippen molar-refractivity contribution < 1.29 is 18.9 Å². The number of aliphatic imine (C=N–C) groups is 1. The van der Waals surface area contributed by atoms with Crippen LogP contribution < -0.4 is 10.5 Å². The van der Waals surface area contributed by atoms with Gasteiger partial charge in [0.15, 0.2) is 11.8 Å². The van der Waals surface area contributed by atoms with Crippen molar-refractivity contribution in [2.24, 2.45) is 16.1 Å². The molecule has 0 amide bonds. The van der Waals surface area contributed by atoms with Crippen molar-refractivity contribution in [1.82, 2.24) is 0 Å². The van der Waals surface area contributed by atoms with Gasteiger partial charge in [-0.1, -0.05) is 43.3 Å². The Morgan fingerprint density at radius 3 is 2.30 bits per heavy atom. The van der Waals surface area contributed by atoms with Crippen molar-refractivity contribution in [1.29, 1.82) is 0 Å². The largest absolute Gasteiger partial charge is 0.457 e. The van der Waals surface area contributed by atoms with E-state index >= 15 is 0 Å². The van der Waals surface area contributed by atoms with E-state index in [1.54, 1.807) is 0 Å². The number of hydrogen-bond acceptors (Lipinski definition) is 6. The second-order valence-electron chi connectivity index (χ2n) is 7.72. The molecule has 3 aliphatic rings. The predicted molar refractivity (Wildman–Crippen MR) is 100.0 cm³/mol. The van der Waals surface area contributed by atoms with Crippen molar-refractivity contribution in [2.75, 3.05) is 26.4 Å². The van der Waals surface area contributed by atoms with Gasteiger partial charge in [0.25, 0.3) is 0 Å². The Morgan fingerprint density at radius 2 is 1.70 bits per heavy atom. The highest BCUT2D eigenvalue weighted by Crippen LogP contribution is 2.52. The van der Waals surface area contributed by atoms with E-state index in [1.807, 2.05) is 48.5 Å². The predicted octanol–water partition coefficient (Wildman–Crippen LogP) is 2.80. The maximum absolute atomic E-state index is 6.32. The standard InChI is InChI=1S/C21H22N2O4/c1-20(11-24-12-20)13-26-19-21(23-18(22)10-25-19)14-6-2-4-8-16(14)27-17-9-5-3-7-15(17)21/h2-9,19H,10-13H2,1H3,(H2,22,23).